The zero-order chi connectivity index (χ0) is 17.7. The van der Waals surface area contributed by atoms with Crippen molar-refractivity contribution in [2.75, 3.05) is 14.2 Å². The van der Waals surface area contributed by atoms with E-state index >= 15 is 0 Å². The van der Waals surface area contributed by atoms with Gasteiger partial charge in [-0.2, -0.15) is 0 Å². The summed E-state index contributed by atoms with van der Waals surface area (Å²) in [5, 5.41) is 3.60. The summed E-state index contributed by atoms with van der Waals surface area (Å²) in [7, 11) is 3.07. The fraction of sp³-hybridized carbons (Fsp3) is 0.412. The number of nitrogens with one attached hydrogen (secondary N) is 1. The quantitative estimate of drug-likeness (QED) is 0.776. The van der Waals surface area contributed by atoms with Crippen molar-refractivity contribution in [1.29, 1.82) is 0 Å². The lowest BCUT2D eigenvalue weighted by Crippen LogP contribution is -2.44. The van der Waals surface area contributed by atoms with Crippen LogP contribution in [0.15, 0.2) is 24.3 Å². The molecular weight excluding hydrogens is 331 g/mol. The number of carbonyl (C=O) groups excluding carboxylic acids is 1. The fourth-order valence-electron chi connectivity index (χ4n) is 2.34. The van der Waals surface area contributed by atoms with Crippen molar-refractivity contribution in [1.82, 2.24) is 10.3 Å². The second kappa shape index (κ2) is 8.32. The maximum absolute atomic E-state index is 13.0. The van der Waals surface area contributed by atoms with Crippen LogP contribution in [0.4, 0.5) is 4.39 Å². The van der Waals surface area contributed by atoms with Gasteiger partial charge in [0.05, 0.1) is 11.7 Å². The number of aryl methyl sites for hydroxylation is 1. The Morgan fingerprint density at radius 2 is 1.92 bits per heavy atom. The van der Waals surface area contributed by atoms with E-state index in [4.69, 9.17) is 9.47 Å². The number of hydrogen-bond acceptors (Lipinski definition) is 5. The molecule has 0 aliphatic rings. The molecule has 24 heavy (non-hydrogen) atoms. The molecule has 5 nitrogen and oxygen atoms in total. The van der Waals surface area contributed by atoms with Crippen LogP contribution in [-0.4, -0.2) is 37.4 Å². The minimum Gasteiger partial charge on any atom is -0.354 e. The number of nitrogens with zero attached hydrogens (tertiary/aromatic N) is 1. The highest BCUT2D eigenvalue weighted by Gasteiger charge is 2.24. The molecule has 0 saturated heterocycles. The first-order chi connectivity index (χ1) is 11.5. The number of halogens is 1. The van der Waals surface area contributed by atoms with Crippen LogP contribution >= 0.6 is 11.3 Å². The van der Waals surface area contributed by atoms with E-state index < -0.39 is 6.29 Å². The molecule has 2 aromatic rings. The monoisotopic (exact) mass is 352 g/mol. The van der Waals surface area contributed by atoms with Crippen molar-refractivity contribution >= 4 is 17.2 Å². The molecule has 0 aliphatic carbocycles. The van der Waals surface area contributed by atoms with Crippen LogP contribution in [0.5, 0.6) is 0 Å². The van der Waals surface area contributed by atoms with Crippen molar-refractivity contribution in [2.24, 2.45) is 0 Å². The lowest BCUT2D eigenvalue weighted by molar-refractivity contribution is -0.121. The summed E-state index contributed by atoms with van der Waals surface area (Å²) in [4.78, 5) is 17.5. The normalized spacial score (nSPS) is 12.4. The summed E-state index contributed by atoms with van der Waals surface area (Å²) in [6, 6.07) is 5.79. The molecule has 1 amide bonds. The summed E-state index contributed by atoms with van der Waals surface area (Å²) >= 11 is 1.28. The lowest BCUT2D eigenvalue weighted by Gasteiger charge is -2.24. The predicted octanol–water partition coefficient (Wildman–Crippen LogP) is 3.38. The van der Waals surface area contributed by atoms with Crippen LogP contribution in [0, 0.1) is 12.7 Å². The minimum atomic E-state index is -0.510. The van der Waals surface area contributed by atoms with E-state index in [-0.39, 0.29) is 17.8 Å². The van der Waals surface area contributed by atoms with Crippen LogP contribution in [0.3, 0.4) is 0 Å². The van der Waals surface area contributed by atoms with E-state index in [9.17, 15) is 9.18 Å². The van der Waals surface area contributed by atoms with Gasteiger partial charge in [0.2, 0.25) is 0 Å². The average Bonchev–Trinajstić information content (AvgIpc) is 2.97. The van der Waals surface area contributed by atoms with E-state index in [1.54, 1.807) is 19.1 Å². The van der Waals surface area contributed by atoms with Crippen molar-refractivity contribution < 1.29 is 18.7 Å². The second-order valence-electron chi connectivity index (χ2n) is 5.27. The van der Waals surface area contributed by atoms with Gasteiger partial charge in [-0.25, -0.2) is 9.37 Å². The third-order valence-corrected chi connectivity index (χ3v) is 4.85. The number of benzene rings is 1. The first-order valence-corrected chi connectivity index (χ1v) is 8.41. The maximum atomic E-state index is 13.0. The molecule has 1 atom stereocenters. The van der Waals surface area contributed by atoms with E-state index in [1.165, 1.54) is 37.7 Å². The van der Waals surface area contributed by atoms with Crippen molar-refractivity contribution in [3.63, 3.8) is 0 Å². The lowest BCUT2D eigenvalue weighted by atomic mass is 10.2. The van der Waals surface area contributed by atoms with Gasteiger partial charge < -0.3 is 14.8 Å². The molecule has 0 radical (unpaired) electrons. The molecule has 0 fully saturated rings. The molecule has 0 aliphatic heterocycles. The first-order valence-electron chi connectivity index (χ1n) is 7.60. The smallest absolute Gasteiger partial charge is 0.263 e. The topological polar surface area (TPSA) is 60.5 Å². The van der Waals surface area contributed by atoms with Crippen LogP contribution in [0.2, 0.25) is 0 Å². The van der Waals surface area contributed by atoms with Gasteiger partial charge in [-0.1, -0.05) is 6.92 Å². The number of rotatable bonds is 7. The molecule has 0 saturated carbocycles. The molecule has 1 unspecified atom stereocenters. The Morgan fingerprint density at radius 3 is 2.46 bits per heavy atom. The van der Waals surface area contributed by atoms with Crippen LogP contribution in [0.1, 0.15) is 28.7 Å². The highest BCUT2D eigenvalue weighted by atomic mass is 32.1. The zero-order valence-electron chi connectivity index (χ0n) is 14.1. The Balaban J connectivity index is 2.19. The molecule has 1 heterocycles. The van der Waals surface area contributed by atoms with Gasteiger partial charge in [-0.15, -0.1) is 11.3 Å². The Bertz CT molecular complexity index is 684. The maximum Gasteiger partial charge on any atom is 0.263 e. The van der Waals surface area contributed by atoms with Crippen LogP contribution in [0.25, 0.3) is 10.6 Å². The summed E-state index contributed by atoms with van der Waals surface area (Å²) < 4.78 is 23.5. The Kier molecular flexibility index (Phi) is 6.42. The molecule has 1 N–H and O–H groups in total. The number of carbonyl (C=O) groups is 1. The highest BCUT2D eigenvalue weighted by molar-refractivity contribution is 7.17. The standard InChI is InChI=1S/C17H21FN2O3S/c1-5-13(17(22-3)23-4)20-15(21)14-10(2)19-16(24-14)11-6-8-12(18)9-7-11/h6-9,13,17H,5H2,1-4H3,(H,20,21). The highest BCUT2D eigenvalue weighted by Crippen LogP contribution is 2.28. The van der Waals surface area contributed by atoms with Crippen molar-refractivity contribution in [3.05, 3.63) is 40.7 Å². The second-order valence-corrected chi connectivity index (χ2v) is 6.27. The molecule has 0 bridgehead atoms. The van der Waals surface area contributed by atoms with Gasteiger partial charge in [-0.05, 0) is 37.6 Å². The number of hydrogen-bond donors (Lipinski definition) is 1. The molecular formula is C17H21FN2O3S. The van der Waals surface area contributed by atoms with Gasteiger partial charge in [0.25, 0.3) is 5.91 Å². The van der Waals surface area contributed by atoms with Crippen molar-refractivity contribution in [3.8, 4) is 10.6 Å². The number of ether oxygens (including phenoxy) is 2. The number of thiazole rings is 1. The van der Waals surface area contributed by atoms with E-state index in [2.05, 4.69) is 10.3 Å². The number of methoxy groups -OCH3 is 2. The molecule has 0 spiro atoms. The van der Waals surface area contributed by atoms with Gasteiger partial charge in [0, 0.05) is 19.8 Å². The first kappa shape index (κ1) is 18.5. The SMILES string of the molecule is CCC(NC(=O)c1sc(-c2ccc(F)cc2)nc1C)C(OC)OC. The van der Waals surface area contributed by atoms with Gasteiger partial charge in [0.15, 0.2) is 6.29 Å². The largest absolute Gasteiger partial charge is 0.354 e. The van der Waals surface area contributed by atoms with Crippen molar-refractivity contribution in [2.45, 2.75) is 32.6 Å². The van der Waals surface area contributed by atoms with Gasteiger partial charge in [-0.3, -0.25) is 4.79 Å². The number of aromatic nitrogens is 1. The van der Waals surface area contributed by atoms with E-state index in [0.29, 0.717) is 22.0 Å². The molecule has 7 heteroatoms. The zero-order valence-corrected chi connectivity index (χ0v) is 14.9. The summed E-state index contributed by atoms with van der Waals surface area (Å²) in [6.45, 7) is 3.73. The Morgan fingerprint density at radius 1 is 1.29 bits per heavy atom. The Hall–Kier alpha value is -1.83. The van der Waals surface area contributed by atoms with Crippen LogP contribution < -0.4 is 5.32 Å². The third kappa shape index (κ3) is 4.17. The average molecular weight is 352 g/mol. The molecule has 1 aromatic carbocycles. The summed E-state index contributed by atoms with van der Waals surface area (Å²) in [5.41, 5.74) is 1.42. The summed E-state index contributed by atoms with van der Waals surface area (Å²) in [6.07, 6.45) is 0.157. The van der Waals surface area contributed by atoms with Gasteiger partial charge >= 0.3 is 0 Å². The van der Waals surface area contributed by atoms with Crippen LogP contribution in [-0.2, 0) is 9.47 Å². The predicted molar refractivity (Wildman–Crippen MR) is 91.6 cm³/mol. The van der Waals surface area contributed by atoms with E-state index in [1.807, 2.05) is 6.92 Å². The number of amides is 1. The summed E-state index contributed by atoms with van der Waals surface area (Å²) in [5.74, 6) is -0.523. The Labute approximate surface area is 144 Å². The molecule has 1 aromatic heterocycles. The fourth-order valence-corrected chi connectivity index (χ4v) is 3.32. The van der Waals surface area contributed by atoms with E-state index in [0.717, 1.165) is 5.56 Å². The molecule has 130 valence electrons. The van der Waals surface area contributed by atoms with Gasteiger partial charge in [0.1, 0.15) is 15.7 Å². The molecule has 2 rings (SSSR count). The third-order valence-electron chi connectivity index (χ3n) is 3.64. The minimum absolute atomic E-state index is 0.218.